The van der Waals surface area contributed by atoms with Crippen molar-refractivity contribution in [3.8, 4) is 0 Å². The number of benzene rings is 2. The Morgan fingerprint density at radius 2 is 1.95 bits per heavy atom. The minimum Gasteiger partial charge on any atom is -0.478 e. The van der Waals surface area contributed by atoms with E-state index in [1.807, 2.05) is 22.6 Å². The Bertz CT molecular complexity index is 731. The second-order valence-corrected chi connectivity index (χ2v) is 5.98. The van der Waals surface area contributed by atoms with E-state index in [1.54, 1.807) is 43.3 Å². The van der Waals surface area contributed by atoms with Gasteiger partial charge in [0.05, 0.1) is 16.8 Å². The molecule has 0 saturated heterocycles. The van der Waals surface area contributed by atoms with Crippen LogP contribution in [0.3, 0.4) is 0 Å². The Kier molecular flexibility index (Phi) is 4.84. The van der Waals surface area contributed by atoms with Gasteiger partial charge in [-0.25, -0.2) is 4.79 Å². The highest BCUT2D eigenvalue weighted by Crippen LogP contribution is 2.23. The molecule has 0 aromatic heterocycles. The molecule has 0 bridgehead atoms. The monoisotopic (exact) mass is 415 g/mol. The van der Waals surface area contributed by atoms with Crippen molar-refractivity contribution in [1.29, 1.82) is 0 Å². The molecule has 0 atom stereocenters. The summed E-state index contributed by atoms with van der Waals surface area (Å²) in [7, 11) is 0. The Labute approximate surface area is 140 Å². The van der Waals surface area contributed by atoms with Crippen molar-refractivity contribution < 1.29 is 14.7 Å². The van der Waals surface area contributed by atoms with Gasteiger partial charge in [0.15, 0.2) is 0 Å². The summed E-state index contributed by atoms with van der Waals surface area (Å²) in [6, 6.07) is 9.91. The lowest BCUT2D eigenvalue weighted by molar-refractivity contribution is 0.0697. The molecule has 108 valence electrons. The van der Waals surface area contributed by atoms with Crippen LogP contribution >= 0.6 is 34.2 Å². The third kappa shape index (κ3) is 3.54. The van der Waals surface area contributed by atoms with Gasteiger partial charge in [-0.3, -0.25) is 4.79 Å². The molecule has 2 aromatic rings. The summed E-state index contributed by atoms with van der Waals surface area (Å²) in [5.41, 5.74) is 1.34. The van der Waals surface area contributed by atoms with Crippen LogP contribution in [0, 0.1) is 10.5 Å². The van der Waals surface area contributed by atoms with Crippen LogP contribution in [0.25, 0.3) is 0 Å². The molecule has 21 heavy (non-hydrogen) atoms. The predicted octanol–water partition coefficient (Wildman–Crippen LogP) is 4.20. The average Bonchev–Trinajstić information content (AvgIpc) is 2.41. The van der Waals surface area contributed by atoms with Gasteiger partial charge in [0.1, 0.15) is 0 Å². The first-order valence-corrected chi connectivity index (χ1v) is 7.45. The molecule has 6 heteroatoms. The zero-order valence-electron chi connectivity index (χ0n) is 11.0. The fraction of sp³-hybridized carbons (Fsp3) is 0.0667. The number of carbonyl (C=O) groups is 2. The summed E-state index contributed by atoms with van der Waals surface area (Å²) in [4.78, 5) is 23.6. The lowest BCUT2D eigenvalue weighted by atomic mass is 10.1. The average molecular weight is 416 g/mol. The minimum absolute atomic E-state index is 0.0860. The van der Waals surface area contributed by atoms with Crippen LogP contribution < -0.4 is 5.32 Å². The summed E-state index contributed by atoms with van der Waals surface area (Å²) in [6.45, 7) is 1.68. The van der Waals surface area contributed by atoms with Crippen molar-refractivity contribution in [3.63, 3.8) is 0 Å². The number of hydrogen-bond donors (Lipinski definition) is 2. The van der Waals surface area contributed by atoms with Crippen molar-refractivity contribution in [3.05, 3.63) is 61.7 Å². The summed E-state index contributed by atoms with van der Waals surface area (Å²) < 4.78 is 0.735. The standard InChI is InChI=1S/C15H11ClINO3/c1-8-3-2-4-12(13(8)15(20)21)18-14(19)10-7-9(16)5-6-11(10)17/h2-7H,1H3,(H,18,19)(H,20,21). The molecule has 0 aliphatic rings. The number of carboxylic acid groups (broad SMARTS) is 1. The molecular formula is C15H11ClINO3. The number of carbonyl (C=O) groups excluding carboxylic acids is 1. The van der Waals surface area contributed by atoms with Crippen LogP contribution in [-0.2, 0) is 0 Å². The first-order chi connectivity index (χ1) is 9.90. The zero-order valence-corrected chi connectivity index (χ0v) is 13.9. The fourth-order valence-corrected chi connectivity index (χ4v) is 2.67. The fourth-order valence-electron chi connectivity index (χ4n) is 1.92. The Morgan fingerprint density at radius 3 is 2.62 bits per heavy atom. The molecule has 0 saturated carbocycles. The molecule has 1 amide bonds. The zero-order chi connectivity index (χ0) is 15.6. The van der Waals surface area contributed by atoms with Gasteiger partial charge in [-0.1, -0.05) is 23.7 Å². The van der Waals surface area contributed by atoms with Gasteiger partial charge in [0.2, 0.25) is 0 Å². The number of aromatic carboxylic acids is 1. The van der Waals surface area contributed by atoms with E-state index in [-0.39, 0.29) is 11.3 Å². The van der Waals surface area contributed by atoms with Gasteiger partial charge in [0.25, 0.3) is 5.91 Å². The van der Waals surface area contributed by atoms with Gasteiger partial charge in [-0.15, -0.1) is 0 Å². The Hall–Kier alpha value is -1.60. The van der Waals surface area contributed by atoms with Gasteiger partial charge < -0.3 is 10.4 Å². The van der Waals surface area contributed by atoms with Crippen LogP contribution in [0.5, 0.6) is 0 Å². The van der Waals surface area contributed by atoms with Gasteiger partial charge in [-0.05, 0) is 59.3 Å². The van der Waals surface area contributed by atoms with E-state index in [2.05, 4.69) is 5.32 Å². The van der Waals surface area contributed by atoms with Crippen molar-refractivity contribution >= 4 is 51.8 Å². The van der Waals surface area contributed by atoms with Crippen molar-refractivity contribution in [1.82, 2.24) is 0 Å². The number of halogens is 2. The van der Waals surface area contributed by atoms with E-state index >= 15 is 0 Å². The molecule has 0 aliphatic carbocycles. The minimum atomic E-state index is -1.08. The number of aryl methyl sites for hydroxylation is 1. The molecular weight excluding hydrogens is 405 g/mol. The molecule has 0 aliphatic heterocycles. The molecule has 0 fully saturated rings. The summed E-state index contributed by atoms with van der Waals surface area (Å²) >= 11 is 7.92. The quantitative estimate of drug-likeness (QED) is 0.738. The summed E-state index contributed by atoms with van der Waals surface area (Å²) in [6.07, 6.45) is 0. The second-order valence-electron chi connectivity index (χ2n) is 4.38. The first-order valence-electron chi connectivity index (χ1n) is 5.99. The van der Waals surface area contributed by atoms with Crippen molar-refractivity contribution in [2.24, 2.45) is 0 Å². The highest BCUT2D eigenvalue weighted by molar-refractivity contribution is 14.1. The maximum Gasteiger partial charge on any atom is 0.338 e. The molecule has 2 rings (SSSR count). The maximum absolute atomic E-state index is 12.3. The van der Waals surface area contributed by atoms with Crippen LogP contribution in [0.15, 0.2) is 36.4 Å². The lowest BCUT2D eigenvalue weighted by Gasteiger charge is -2.11. The smallest absolute Gasteiger partial charge is 0.338 e. The molecule has 0 radical (unpaired) electrons. The van der Waals surface area contributed by atoms with Crippen molar-refractivity contribution in [2.45, 2.75) is 6.92 Å². The summed E-state index contributed by atoms with van der Waals surface area (Å²) in [5.74, 6) is -1.47. The molecule has 2 N–H and O–H groups in total. The van der Waals surface area contributed by atoms with E-state index in [1.165, 1.54) is 0 Å². The van der Waals surface area contributed by atoms with E-state index in [9.17, 15) is 14.7 Å². The third-order valence-electron chi connectivity index (χ3n) is 2.91. The topological polar surface area (TPSA) is 66.4 Å². The van der Waals surface area contributed by atoms with Crippen LogP contribution in [0.4, 0.5) is 5.69 Å². The van der Waals surface area contributed by atoms with Crippen LogP contribution in [0.1, 0.15) is 26.3 Å². The van der Waals surface area contributed by atoms with Gasteiger partial charge >= 0.3 is 5.97 Å². The van der Waals surface area contributed by atoms with Crippen LogP contribution in [-0.4, -0.2) is 17.0 Å². The highest BCUT2D eigenvalue weighted by Gasteiger charge is 2.17. The van der Waals surface area contributed by atoms with E-state index in [4.69, 9.17) is 11.6 Å². The predicted molar refractivity (Wildman–Crippen MR) is 90.3 cm³/mol. The normalized spacial score (nSPS) is 10.2. The molecule has 0 unspecified atom stereocenters. The molecule has 2 aromatic carbocycles. The largest absolute Gasteiger partial charge is 0.478 e. The first kappa shape index (κ1) is 15.8. The number of rotatable bonds is 3. The number of amides is 1. The van der Waals surface area contributed by atoms with Crippen molar-refractivity contribution in [2.75, 3.05) is 5.32 Å². The van der Waals surface area contributed by atoms with E-state index in [0.29, 0.717) is 16.1 Å². The van der Waals surface area contributed by atoms with Gasteiger partial charge in [-0.2, -0.15) is 0 Å². The third-order valence-corrected chi connectivity index (χ3v) is 4.08. The maximum atomic E-state index is 12.3. The Morgan fingerprint density at radius 1 is 1.24 bits per heavy atom. The van der Waals surface area contributed by atoms with Crippen LogP contribution in [0.2, 0.25) is 5.02 Å². The number of hydrogen-bond acceptors (Lipinski definition) is 2. The number of nitrogens with one attached hydrogen (secondary N) is 1. The number of carboxylic acids is 1. The lowest BCUT2D eigenvalue weighted by Crippen LogP contribution is -2.16. The van der Waals surface area contributed by atoms with E-state index in [0.717, 1.165) is 3.57 Å². The summed E-state index contributed by atoms with van der Waals surface area (Å²) in [5, 5.41) is 12.3. The number of anilines is 1. The molecule has 0 spiro atoms. The second kappa shape index (κ2) is 6.44. The SMILES string of the molecule is Cc1cccc(NC(=O)c2cc(Cl)ccc2I)c1C(=O)O. The molecule has 0 heterocycles. The molecule has 4 nitrogen and oxygen atoms in total. The Balaban J connectivity index is 2.39. The van der Waals surface area contributed by atoms with Gasteiger partial charge in [0, 0.05) is 8.59 Å². The highest BCUT2D eigenvalue weighted by atomic mass is 127. The van der Waals surface area contributed by atoms with E-state index < -0.39 is 11.9 Å².